The molecule has 1 aliphatic rings. The number of nitrogens with zero attached hydrogens (tertiary/aromatic N) is 2. The van der Waals surface area contributed by atoms with E-state index in [2.05, 4.69) is 28.7 Å². The molecular formula is C10H15N3O2. The number of hydrogen-bond acceptors (Lipinski definition) is 3. The molecule has 5 nitrogen and oxygen atoms in total. The van der Waals surface area contributed by atoms with Crippen molar-refractivity contribution in [3.63, 3.8) is 0 Å². The summed E-state index contributed by atoms with van der Waals surface area (Å²) in [6, 6.07) is -0.127. The Bertz CT molecular complexity index is 384. The highest BCUT2D eigenvalue weighted by molar-refractivity contribution is 5.74. The van der Waals surface area contributed by atoms with Crippen molar-refractivity contribution in [2.45, 2.75) is 38.9 Å². The SMILES string of the molecule is CC(C)n1cnc2c1CN[C@@H](C(=O)O)C2. The first-order valence-corrected chi connectivity index (χ1v) is 5.10. The van der Waals surface area contributed by atoms with Crippen LogP contribution < -0.4 is 5.32 Å². The first-order chi connectivity index (χ1) is 7.09. The van der Waals surface area contributed by atoms with E-state index in [1.54, 1.807) is 6.33 Å². The second kappa shape index (κ2) is 3.66. The number of imidazole rings is 1. The molecule has 2 rings (SSSR count). The normalized spacial score (nSPS) is 20.3. The van der Waals surface area contributed by atoms with Crippen LogP contribution in [0.15, 0.2) is 6.33 Å². The summed E-state index contributed by atoms with van der Waals surface area (Å²) < 4.78 is 2.08. The number of nitrogens with one attached hydrogen (secondary N) is 1. The van der Waals surface area contributed by atoms with Gasteiger partial charge in [-0.15, -0.1) is 0 Å². The number of carboxylic acid groups (broad SMARTS) is 1. The fourth-order valence-corrected chi connectivity index (χ4v) is 1.89. The lowest BCUT2D eigenvalue weighted by atomic mass is 10.1. The predicted octanol–water partition coefficient (Wildman–Crippen LogP) is 0.563. The number of carbonyl (C=O) groups is 1. The van der Waals surface area contributed by atoms with Gasteiger partial charge in [0.25, 0.3) is 0 Å². The highest BCUT2D eigenvalue weighted by Gasteiger charge is 2.27. The Balaban J connectivity index is 2.26. The van der Waals surface area contributed by atoms with Crippen LogP contribution in [0.4, 0.5) is 0 Å². The third-order valence-corrected chi connectivity index (χ3v) is 2.75. The minimum Gasteiger partial charge on any atom is -0.480 e. The van der Waals surface area contributed by atoms with Gasteiger partial charge >= 0.3 is 5.97 Å². The van der Waals surface area contributed by atoms with Gasteiger partial charge in [-0.2, -0.15) is 0 Å². The Hall–Kier alpha value is -1.36. The minimum atomic E-state index is -0.806. The van der Waals surface area contributed by atoms with Crippen LogP contribution in [-0.4, -0.2) is 26.7 Å². The topological polar surface area (TPSA) is 67.2 Å². The standard InChI is InChI=1S/C10H15N3O2/c1-6(2)13-5-12-7-3-8(10(14)15)11-4-9(7)13/h5-6,8,11H,3-4H2,1-2H3,(H,14,15)/t8-/m1/s1. The summed E-state index contributed by atoms with van der Waals surface area (Å²) in [7, 11) is 0. The Labute approximate surface area is 88.1 Å². The van der Waals surface area contributed by atoms with E-state index in [1.807, 2.05) is 0 Å². The molecule has 1 atom stereocenters. The van der Waals surface area contributed by atoms with Crippen molar-refractivity contribution in [1.82, 2.24) is 14.9 Å². The monoisotopic (exact) mass is 209 g/mol. The van der Waals surface area contributed by atoms with Crippen molar-refractivity contribution < 1.29 is 9.90 Å². The van der Waals surface area contributed by atoms with E-state index >= 15 is 0 Å². The van der Waals surface area contributed by atoms with Gasteiger partial charge in [-0.05, 0) is 13.8 Å². The number of aliphatic carboxylic acids is 1. The molecule has 2 heterocycles. The van der Waals surface area contributed by atoms with Crippen molar-refractivity contribution in [3.8, 4) is 0 Å². The second-order valence-corrected chi connectivity index (χ2v) is 4.11. The van der Waals surface area contributed by atoms with E-state index in [1.165, 1.54) is 0 Å². The van der Waals surface area contributed by atoms with Gasteiger partial charge in [-0.25, -0.2) is 4.98 Å². The third-order valence-electron chi connectivity index (χ3n) is 2.75. The molecule has 1 aliphatic heterocycles. The number of fused-ring (bicyclic) bond motifs is 1. The molecule has 0 unspecified atom stereocenters. The summed E-state index contributed by atoms with van der Waals surface area (Å²) in [4.78, 5) is 15.1. The quantitative estimate of drug-likeness (QED) is 0.747. The van der Waals surface area contributed by atoms with E-state index < -0.39 is 12.0 Å². The molecule has 0 spiro atoms. The molecule has 2 N–H and O–H groups in total. The molecule has 82 valence electrons. The van der Waals surface area contributed by atoms with Crippen LogP contribution in [0.25, 0.3) is 0 Å². The van der Waals surface area contributed by atoms with Crippen molar-refractivity contribution in [2.24, 2.45) is 0 Å². The molecule has 15 heavy (non-hydrogen) atoms. The molecule has 0 bridgehead atoms. The highest BCUT2D eigenvalue weighted by atomic mass is 16.4. The zero-order valence-corrected chi connectivity index (χ0v) is 8.90. The molecule has 0 radical (unpaired) electrons. The Morgan fingerprint density at radius 2 is 2.47 bits per heavy atom. The zero-order valence-electron chi connectivity index (χ0n) is 8.90. The van der Waals surface area contributed by atoms with E-state index in [0.29, 0.717) is 19.0 Å². The Kier molecular flexibility index (Phi) is 2.48. The van der Waals surface area contributed by atoms with Gasteiger partial charge in [-0.1, -0.05) is 0 Å². The van der Waals surface area contributed by atoms with Gasteiger partial charge in [-0.3, -0.25) is 10.1 Å². The number of aromatic nitrogens is 2. The summed E-state index contributed by atoms with van der Waals surface area (Å²) in [6.45, 7) is 4.76. The molecule has 0 amide bonds. The summed E-state index contributed by atoms with van der Waals surface area (Å²) >= 11 is 0. The van der Waals surface area contributed by atoms with Crippen molar-refractivity contribution in [1.29, 1.82) is 0 Å². The van der Waals surface area contributed by atoms with E-state index in [4.69, 9.17) is 5.11 Å². The van der Waals surface area contributed by atoms with Gasteiger partial charge in [0.2, 0.25) is 0 Å². The lowest BCUT2D eigenvalue weighted by Crippen LogP contribution is -2.42. The van der Waals surface area contributed by atoms with E-state index in [9.17, 15) is 4.79 Å². The minimum absolute atomic E-state index is 0.365. The molecule has 5 heteroatoms. The van der Waals surface area contributed by atoms with Gasteiger partial charge in [0.1, 0.15) is 6.04 Å². The van der Waals surface area contributed by atoms with Gasteiger partial charge in [0.15, 0.2) is 0 Å². The second-order valence-electron chi connectivity index (χ2n) is 4.11. The first kappa shape index (κ1) is 10.2. The fourth-order valence-electron chi connectivity index (χ4n) is 1.89. The van der Waals surface area contributed by atoms with Crippen molar-refractivity contribution >= 4 is 5.97 Å². The average molecular weight is 209 g/mol. The smallest absolute Gasteiger partial charge is 0.321 e. The molecule has 0 aliphatic carbocycles. The summed E-state index contributed by atoms with van der Waals surface area (Å²) in [6.07, 6.45) is 2.27. The molecule has 0 saturated carbocycles. The van der Waals surface area contributed by atoms with Gasteiger partial charge < -0.3 is 9.67 Å². The summed E-state index contributed by atoms with van der Waals surface area (Å²) in [5.74, 6) is -0.806. The van der Waals surface area contributed by atoms with Crippen LogP contribution in [-0.2, 0) is 17.8 Å². The van der Waals surface area contributed by atoms with Crippen LogP contribution in [0.3, 0.4) is 0 Å². The van der Waals surface area contributed by atoms with Crippen LogP contribution in [0.2, 0.25) is 0 Å². The van der Waals surface area contributed by atoms with Crippen LogP contribution in [0.1, 0.15) is 31.3 Å². The lowest BCUT2D eigenvalue weighted by molar-refractivity contribution is -0.139. The largest absolute Gasteiger partial charge is 0.480 e. The zero-order chi connectivity index (χ0) is 11.0. The highest BCUT2D eigenvalue weighted by Crippen LogP contribution is 2.19. The van der Waals surface area contributed by atoms with E-state index in [-0.39, 0.29) is 0 Å². The molecule has 1 aromatic heterocycles. The summed E-state index contributed by atoms with van der Waals surface area (Å²) in [5, 5.41) is 11.9. The van der Waals surface area contributed by atoms with Crippen molar-refractivity contribution in [2.75, 3.05) is 0 Å². The van der Waals surface area contributed by atoms with E-state index in [0.717, 1.165) is 11.4 Å². The third kappa shape index (κ3) is 1.74. The molecule has 0 saturated heterocycles. The van der Waals surface area contributed by atoms with Crippen LogP contribution in [0, 0.1) is 0 Å². The van der Waals surface area contributed by atoms with Crippen LogP contribution >= 0.6 is 0 Å². The lowest BCUT2D eigenvalue weighted by Gasteiger charge is -2.22. The summed E-state index contributed by atoms with van der Waals surface area (Å²) in [5.41, 5.74) is 2.03. The number of carboxylic acids is 1. The van der Waals surface area contributed by atoms with Gasteiger partial charge in [0, 0.05) is 19.0 Å². The Morgan fingerprint density at radius 1 is 1.73 bits per heavy atom. The average Bonchev–Trinajstić information content (AvgIpc) is 2.59. The molecule has 0 aromatic carbocycles. The predicted molar refractivity (Wildman–Crippen MR) is 54.6 cm³/mol. The molecule has 1 aromatic rings. The first-order valence-electron chi connectivity index (χ1n) is 5.10. The number of rotatable bonds is 2. The van der Waals surface area contributed by atoms with Gasteiger partial charge in [0.05, 0.1) is 17.7 Å². The molecular weight excluding hydrogens is 194 g/mol. The maximum absolute atomic E-state index is 10.8. The van der Waals surface area contributed by atoms with Crippen LogP contribution in [0.5, 0.6) is 0 Å². The molecule has 0 fully saturated rings. The maximum atomic E-state index is 10.8. The maximum Gasteiger partial charge on any atom is 0.321 e. The fraction of sp³-hybridized carbons (Fsp3) is 0.600. The van der Waals surface area contributed by atoms with Crippen molar-refractivity contribution in [3.05, 3.63) is 17.7 Å². The Morgan fingerprint density at radius 3 is 3.07 bits per heavy atom. The number of hydrogen-bond donors (Lipinski definition) is 2.